The summed E-state index contributed by atoms with van der Waals surface area (Å²) < 4.78 is 0. The van der Waals surface area contributed by atoms with Crippen molar-refractivity contribution in [1.82, 2.24) is 4.90 Å². The minimum Gasteiger partial charge on any atom is -0.388 e. The lowest BCUT2D eigenvalue weighted by molar-refractivity contribution is 0.158. The highest BCUT2D eigenvalue weighted by Gasteiger charge is 2.07. The molecule has 0 saturated heterocycles. The second kappa shape index (κ2) is 6.38. The predicted molar refractivity (Wildman–Crippen MR) is 59.7 cm³/mol. The largest absolute Gasteiger partial charge is 0.388 e. The molecule has 1 atom stereocenters. The van der Waals surface area contributed by atoms with Crippen LogP contribution in [0.1, 0.15) is 17.4 Å². The lowest BCUT2D eigenvalue weighted by Crippen LogP contribution is -2.15. The third-order valence-corrected chi connectivity index (χ3v) is 2.69. The average molecular weight is 222 g/mol. The van der Waals surface area contributed by atoms with Gasteiger partial charge in [0.2, 0.25) is 0 Å². The molecule has 13 heavy (non-hydrogen) atoms. The minimum atomic E-state index is -0.285. The van der Waals surface area contributed by atoms with Gasteiger partial charge in [-0.1, -0.05) is 6.07 Å². The van der Waals surface area contributed by atoms with Crippen molar-refractivity contribution in [2.24, 2.45) is 0 Å². The lowest BCUT2D eigenvalue weighted by Gasteiger charge is -2.12. The molecule has 1 aromatic rings. The van der Waals surface area contributed by atoms with Crippen molar-refractivity contribution in [2.75, 3.05) is 20.6 Å². The Morgan fingerprint density at radius 1 is 1.54 bits per heavy atom. The van der Waals surface area contributed by atoms with Gasteiger partial charge < -0.3 is 10.0 Å². The zero-order valence-electron chi connectivity index (χ0n) is 7.93. The van der Waals surface area contributed by atoms with Crippen LogP contribution >= 0.6 is 23.7 Å². The molecule has 0 bridgehead atoms. The van der Waals surface area contributed by atoms with Crippen LogP contribution < -0.4 is 0 Å². The second-order valence-electron chi connectivity index (χ2n) is 3.12. The number of aliphatic hydroxyl groups is 1. The number of hydrogen-bond acceptors (Lipinski definition) is 3. The Morgan fingerprint density at radius 3 is 2.69 bits per heavy atom. The summed E-state index contributed by atoms with van der Waals surface area (Å²) in [7, 11) is 4.03. The van der Waals surface area contributed by atoms with Gasteiger partial charge in [-0.3, -0.25) is 0 Å². The topological polar surface area (TPSA) is 23.5 Å². The molecule has 0 aliphatic rings. The van der Waals surface area contributed by atoms with Crippen molar-refractivity contribution >= 4 is 23.7 Å². The third-order valence-electron chi connectivity index (χ3n) is 1.72. The molecule has 0 aromatic carbocycles. The van der Waals surface area contributed by atoms with Crippen LogP contribution in [0.15, 0.2) is 17.5 Å². The molecule has 1 heterocycles. The fourth-order valence-corrected chi connectivity index (χ4v) is 1.75. The zero-order chi connectivity index (χ0) is 8.97. The fraction of sp³-hybridized carbons (Fsp3) is 0.556. The van der Waals surface area contributed by atoms with Crippen molar-refractivity contribution in [3.63, 3.8) is 0 Å². The molecule has 0 fully saturated rings. The third kappa shape index (κ3) is 4.62. The van der Waals surface area contributed by atoms with Gasteiger partial charge in [-0.05, 0) is 32.0 Å². The van der Waals surface area contributed by atoms with E-state index in [4.69, 9.17) is 0 Å². The summed E-state index contributed by atoms with van der Waals surface area (Å²) in [6, 6.07) is 3.95. The van der Waals surface area contributed by atoms with Crippen molar-refractivity contribution in [1.29, 1.82) is 0 Å². The molecule has 76 valence electrons. The fourth-order valence-electron chi connectivity index (χ4n) is 1.00. The average Bonchev–Trinajstić information content (AvgIpc) is 2.51. The van der Waals surface area contributed by atoms with Crippen LogP contribution in [-0.2, 0) is 0 Å². The number of halogens is 1. The van der Waals surface area contributed by atoms with Crippen LogP contribution in [0.5, 0.6) is 0 Å². The Balaban J connectivity index is 0.00000144. The smallest absolute Gasteiger partial charge is 0.0894 e. The first-order valence-corrected chi connectivity index (χ1v) is 4.94. The molecule has 1 N–H and O–H groups in total. The highest BCUT2D eigenvalue weighted by atomic mass is 35.5. The van der Waals surface area contributed by atoms with E-state index in [1.165, 1.54) is 0 Å². The molecule has 0 aliphatic heterocycles. The van der Waals surface area contributed by atoms with E-state index in [2.05, 4.69) is 4.90 Å². The Hall–Kier alpha value is -0.0900. The van der Waals surface area contributed by atoms with E-state index in [1.807, 2.05) is 31.6 Å². The van der Waals surface area contributed by atoms with Crippen LogP contribution in [0.3, 0.4) is 0 Å². The molecule has 0 radical (unpaired) electrons. The van der Waals surface area contributed by atoms with E-state index in [-0.39, 0.29) is 18.5 Å². The van der Waals surface area contributed by atoms with Gasteiger partial charge in [-0.25, -0.2) is 0 Å². The normalized spacial score (nSPS) is 12.6. The summed E-state index contributed by atoms with van der Waals surface area (Å²) in [4.78, 5) is 3.15. The summed E-state index contributed by atoms with van der Waals surface area (Å²) in [5.74, 6) is 0. The summed E-state index contributed by atoms with van der Waals surface area (Å²) in [6.07, 6.45) is 0.528. The molecule has 2 nitrogen and oxygen atoms in total. The standard InChI is InChI=1S/C9H15NOS.ClH/c1-10(2)6-5-8(11)9-4-3-7-12-9;/h3-4,7-8,11H,5-6H2,1-2H3;1H/t8-;/m0./s1. The van der Waals surface area contributed by atoms with Gasteiger partial charge in [-0.15, -0.1) is 23.7 Å². The van der Waals surface area contributed by atoms with Gasteiger partial charge in [0.15, 0.2) is 0 Å². The van der Waals surface area contributed by atoms with Gasteiger partial charge in [-0.2, -0.15) is 0 Å². The Bertz CT molecular complexity index is 213. The molecule has 0 aliphatic carbocycles. The molecule has 0 amide bonds. The first kappa shape index (κ1) is 12.9. The Morgan fingerprint density at radius 2 is 2.23 bits per heavy atom. The van der Waals surface area contributed by atoms with E-state index < -0.39 is 0 Å². The van der Waals surface area contributed by atoms with E-state index >= 15 is 0 Å². The van der Waals surface area contributed by atoms with Gasteiger partial charge in [0.05, 0.1) is 6.10 Å². The molecule has 0 unspecified atom stereocenters. The SMILES string of the molecule is CN(C)CC[C@H](O)c1cccs1.Cl. The number of thiophene rings is 1. The van der Waals surface area contributed by atoms with Crippen molar-refractivity contribution in [3.8, 4) is 0 Å². The highest BCUT2D eigenvalue weighted by Crippen LogP contribution is 2.21. The Kier molecular flexibility index (Phi) is 6.33. The van der Waals surface area contributed by atoms with Crippen LogP contribution in [0.25, 0.3) is 0 Å². The van der Waals surface area contributed by atoms with Crippen LogP contribution in [0.2, 0.25) is 0 Å². The van der Waals surface area contributed by atoms with Gasteiger partial charge in [0.1, 0.15) is 0 Å². The number of hydrogen-bond donors (Lipinski definition) is 1. The molecule has 1 rings (SSSR count). The van der Waals surface area contributed by atoms with Gasteiger partial charge in [0, 0.05) is 11.4 Å². The monoisotopic (exact) mass is 221 g/mol. The summed E-state index contributed by atoms with van der Waals surface area (Å²) >= 11 is 1.61. The van der Waals surface area contributed by atoms with Gasteiger partial charge >= 0.3 is 0 Å². The molecular formula is C9H16ClNOS. The van der Waals surface area contributed by atoms with Crippen molar-refractivity contribution in [2.45, 2.75) is 12.5 Å². The number of aliphatic hydroxyl groups excluding tert-OH is 1. The van der Waals surface area contributed by atoms with Crippen LogP contribution in [0, 0.1) is 0 Å². The first-order chi connectivity index (χ1) is 5.70. The van der Waals surface area contributed by atoms with E-state index in [0.29, 0.717) is 0 Å². The van der Waals surface area contributed by atoms with Gasteiger partial charge in [0.25, 0.3) is 0 Å². The van der Waals surface area contributed by atoms with E-state index in [1.54, 1.807) is 11.3 Å². The Labute approximate surface area is 89.6 Å². The number of nitrogens with zero attached hydrogens (tertiary/aromatic N) is 1. The van der Waals surface area contributed by atoms with E-state index in [0.717, 1.165) is 17.8 Å². The molecule has 4 heteroatoms. The maximum atomic E-state index is 9.64. The first-order valence-electron chi connectivity index (χ1n) is 4.06. The summed E-state index contributed by atoms with van der Waals surface area (Å²) in [6.45, 7) is 0.930. The van der Waals surface area contributed by atoms with Crippen LogP contribution in [0.4, 0.5) is 0 Å². The van der Waals surface area contributed by atoms with Crippen molar-refractivity contribution < 1.29 is 5.11 Å². The number of rotatable bonds is 4. The van der Waals surface area contributed by atoms with E-state index in [9.17, 15) is 5.11 Å². The maximum Gasteiger partial charge on any atom is 0.0894 e. The predicted octanol–water partition coefficient (Wildman–Crippen LogP) is 2.16. The zero-order valence-corrected chi connectivity index (χ0v) is 9.57. The molecular weight excluding hydrogens is 206 g/mol. The highest BCUT2D eigenvalue weighted by molar-refractivity contribution is 7.10. The second-order valence-corrected chi connectivity index (χ2v) is 4.10. The minimum absolute atomic E-state index is 0. The molecule has 1 aromatic heterocycles. The maximum absolute atomic E-state index is 9.64. The summed E-state index contributed by atoms with van der Waals surface area (Å²) in [5.41, 5.74) is 0. The quantitative estimate of drug-likeness (QED) is 0.843. The summed E-state index contributed by atoms with van der Waals surface area (Å²) in [5, 5.41) is 11.6. The van der Waals surface area contributed by atoms with Crippen molar-refractivity contribution in [3.05, 3.63) is 22.4 Å². The molecule has 0 saturated carbocycles. The molecule has 0 spiro atoms. The lowest BCUT2D eigenvalue weighted by atomic mass is 10.2. The van der Waals surface area contributed by atoms with Crippen LogP contribution in [-0.4, -0.2) is 30.6 Å².